The summed E-state index contributed by atoms with van der Waals surface area (Å²) < 4.78 is 5.34. The van der Waals surface area contributed by atoms with Crippen LogP contribution in [-0.4, -0.2) is 34.0 Å². The molecule has 1 fully saturated rings. The van der Waals surface area contributed by atoms with Gasteiger partial charge in [-0.1, -0.05) is 41.9 Å². The number of rotatable bonds is 6. The Labute approximate surface area is 136 Å². The molecule has 1 aliphatic heterocycles. The molecule has 2 aromatic rings. The van der Waals surface area contributed by atoms with Crippen LogP contribution in [0, 0.1) is 6.92 Å². The van der Waals surface area contributed by atoms with Crippen molar-refractivity contribution in [3.63, 3.8) is 0 Å². The lowest BCUT2D eigenvalue weighted by molar-refractivity contribution is -0.127. The van der Waals surface area contributed by atoms with E-state index < -0.39 is 0 Å². The average molecular weight is 313 g/mol. The number of carbonyl (C=O) groups is 1. The van der Waals surface area contributed by atoms with Crippen LogP contribution >= 0.6 is 0 Å². The van der Waals surface area contributed by atoms with E-state index in [9.17, 15) is 4.79 Å². The van der Waals surface area contributed by atoms with Gasteiger partial charge in [-0.15, -0.1) is 0 Å². The standard InChI is InChI=1S/C18H23N3O2/c1-3-5-16-19-18(23-20-16)15-11-17(22)21(12-15)9-8-14-7-4-6-13(2)10-14/h4,6-7,10,15H,3,5,8-9,11-12H2,1-2H3. The fourth-order valence-corrected chi connectivity index (χ4v) is 3.04. The van der Waals surface area contributed by atoms with Crippen LogP contribution in [0.3, 0.4) is 0 Å². The highest BCUT2D eigenvalue weighted by molar-refractivity contribution is 5.79. The van der Waals surface area contributed by atoms with E-state index in [1.54, 1.807) is 0 Å². The van der Waals surface area contributed by atoms with Gasteiger partial charge < -0.3 is 9.42 Å². The molecule has 1 saturated heterocycles. The first kappa shape index (κ1) is 15.7. The van der Waals surface area contributed by atoms with Crippen molar-refractivity contribution < 1.29 is 9.32 Å². The molecule has 0 spiro atoms. The van der Waals surface area contributed by atoms with E-state index in [2.05, 4.69) is 48.3 Å². The Morgan fingerprint density at radius 1 is 1.35 bits per heavy atom. The van der Waals surface area contributed by atoms with Gasteiger partial charge in [0.2, 0.25) is 11.8 Å². The molecule has 122 valence electrons. The van der Waals surface area contributed by atoms with E-state index in [4.69, 9.17) is 4.52 Å². The van der Waals surface area contributed by atoms with Crippen molar-refractivity contribution >= 4 is 5.91 Å². The zero-order valence-corrected chi connectivity index (χ0v) is 13.8. The lowest BCUT2D eigenvalue weighted by Gasteiger charge is -2.16. The number of aryl methyl sites for hydroxylation is 2. The number of benzene rings is 1. The smallest absolute Gasteiger partial charge is 0.232 e. The van der Waals surface area contributed by atoms with Crippen molar-refractivity contribution in [1.82, 2.24) is 15.0 Å². The molecular formula is C18H23N3O2. The normalized spacial score (nSPS) is 17.9. The van der Waals surface area contributed by atoms with Crippen LogP contribution in [0.1, 0.15) is 48.5 Å². The summed E-state index contributed by atoms with van der Waals surface area (Å²) in [5, 5.41) is 3.99. The number of carbonyl (C=O) groups excluding carboxylic acids is 1. The molecule has 3 rings (SSSR count). The largest absolute Gasteiger partial charge is 0.342 e. The van der Waals surface area contributed by atoms with Gasteiger partial charge >= 0.3 is 0 Å². The Bertz CT molecular complexity index is 680. The van der Waals surface area contributed by atoms with Gasteiger partial charge in [0.25, 0.3) is 0 Å². The number of likely N-dealkylation sites (tertiary alicyclic amines) is 1. The minimum atomic E-state index is 0.0399. The topological polar surface area (TPSA) is 59.2 Å². The number of nitrogens with zero attached hydrogens (tertiary/aromatic N) is 3. The van der Waals surface area contributed by atoms with Gasteiger partial charge in [-0.2, -0.15) is 4.98 Å². The van der Waals surface area contributed by atoms with Crippen molar-refractivity contribution in [3.8, 4) is 0 Å². The van der Waals surface area contributed by atoms with Crippen LogP contribution in [0.5, 0.6) is 0 Å². The van der Waals surface area contributed by atoms with Crippen molar-refractivity contribution in [1.29, 1.82) is 0 Å². The first-order valence-electron chi connectivity index (χ1n) is 8.31. The molecule has 0 bridgehead atoms. The van der Waals surface area contributed by atoms with Crippen LogP contribution in [0.4, 0.5) is 0 Å². The number of amides is 1. The van der Waals surface area contributed by atoms with Crippen LogP contribution in [0.2, 0.25) is 0 Å². The summed E-state index contributed by atoms with van der Waals surface area (Å²) in [6.45, 7) is 5.60. The quantitative estimate of drug-likeness (QED) is 0.823. The molecule has 1 aromatic carbocycles. The van der Waals surface area contributed by atoms with Crippen LogP contribution in [-0.2, 0) is 17.6 Å². The number of hydrogen-bond acceptors (Lipinski definition) is 4. The highest BCUT2D eigenvalue weighted by Crippen LogP contribution is 2.27. The predicted octanol–water partition coefficient (Wildman–Crippen LogP) is 2.89. The third-order valence-corrected chi connectivity index (χ3v) is 4.27. The molecular weight excluding hydrogens is 290 g/mol. The van der Waals surface area contributed by atoms with E-state index >= 15 is 0 Å². The fraction of sp³-hybridized carbons (Fsp3) is 0.500. The third kappa shape index (κ3) is 3.78. The molecule has 23 heavy (non-hydrogen) atoms. The molecule has 1 unspecified atom stereocenters. The minimum absolute atomic E-state index is 0.0399. The fourth-order valence-electron chi connectivity index (χ4n) is 3.04. The van der Waals surface area contributed by atoms with Crippen molar-refractivity contribution in [2.75, 3.05) is 13.1 Å². The minimum Gasteiger partial charge on any atom is -0.342 e. The second-order valence-corrected chi connectivity index (χ2v) is 6.28. The summed E-state index contributed by atoms with van der Waals surface area (Å²) in [6, 6.07) is 8.43. The molecule has 1 aliphatic rings. The van der Waals surface area contributed by atoms with E-state index in [0.717, 1.165) is 31.6 Å². The summed E-state index contributed by atoms with van der Waals surface area (Å²) in [5.41, 5.74) is 2.52. The monoisotopic (exact) mass is 313 g/mol. The number of aromatic nitrogens is 2. The molecule has 5 nitrogen and oxygen atoms in total. The van der Waals surface area contributed by atoms with Crippen molar-refractivity contribution in [2.24, 2.45) is 0 Å². The highest BCUT2D eigenvalue weighted by Gasteiger charge is 2.33. The van der Waals surface area contributed by atoms with E-state index in [1.165, 1.54) is 11.1 Å². The van der Waals surface area contributed by atoms with E-state index in [0.29, 0.717) is 18.9 Å². The van der Waals surface area contributed by atoms with Gasteiger partial charge in [0, 0.05) is 25.9 Å². The Balaban J connectivity index is 1.58. The summed E-state index contributed by atoms with van der Waals surface area (Å²) in [4.78, 5) is 18.6. The second kappa shape index (κ2) is 6.94. The van der Waals surface area contributed by atoms with Crippen molar-refractivity contribution in [2.45, 2.75) is 45.4 Å². The van der Waals surface area contributed by atoms with Crippen LogP contribution in [0.15, 0.2) is 28.8 Å². The van der Waals surface area contributed by atoms with Crippen LogP contribution in [0.25, 0.3) is 0 Å². The first-order valence-corrected chi connectivity index (χ1v) is 8.31. The lowest BCUT2D eigenvalue weighted by Crippen LogP contribution is -2.27. The Kier molecular flexibility index (Phi) is 4.74. The van der Waals surface area contributed by atoms with Gasteiger partial charge in [0.05, 0.1) is 5.92 Å². The van der Waals surface area contributed by atoms with Crippen molar-refractivity contribution in [3.05, 3.63) is 47.1 Å². The maximum Gasteiger partial charge on any atom is 0.232 e. The molecule has 1 aromatic heterocycles. The van der Waals surface area contributed by atoms with Gasteiger partial charge in [-0.05, 0) is 25.3 Å². The van der Waals surface area contributed by atoms with Gasteiger partial charge in [0.1, 0.15) is 0 Å². The van der Waals surface area contributed by atoms with E-state index in [-0.39, 0.29) is 11.8 Å². The maximum atomic E-state index is 12.2. The summed E-state index contributed by atoms with van der Waals surface area (Å²) >= 11 is 0. The first-order chi connectivity index (χ1) is 11.2. The molecule has 0 radical (unpaired) electrons. The Hall–Kier alpha value is -2.17. The lowest BCUT2D eigenvalue weighted by atomic mass is 10.1. The SMILES string of the molecule is CCCc1noc(C2CC(=O)N(CCc3cccc(C)c3)C2)n1. The molecule has 0 aliphatic carbocycles. The zero-order valence-electron chi connectivity index (χ0n) is 13.8. The molecule has 1 amide bonds. The summed E-state index contributed by atoms with van der Waals surface area (Å²) in [5.74, 6) is 1.57. The molecule has 0 saturated carbocycles. The maximum absolute atomic E-state index is 12.2. The average Bonchev–Trinajstić information content (AvgIpc) is 3.12. The molecule has 2 heterocycles. The predicted molar refractivity (Wildman–Crippen MR) is 87.1 cm³/mol. The van der Waals surface area contributed by atoms with Crippen LogP contribution < -0.4 is 0 Å². The zero-order chi connectivity index (χ0) is 16.2. The van der Waals surface area contributed by atoms with E-state index in [1.807, 2.05) is 4.90 Å². The van der Waals surface area contributed by atoms with Gasteiger partial charge in [0.15, 0.2) is 5.82 Å². The number of hydrogen-bond donors (Lipinski definition) is 0. The molecule has 5 heteroatoms. The third-order valence-electron chi connectivity index (χ3n) is 4.27. The van der Waals surface area contributed by atoms with Gasteiger partial charge in [-0.25, -0.2) is 0 Å². The summed E-state index contributed by atoms with van der Waals surface area (Å²) in [7, 11) is 0. The second-order valence-electron chi connectivity index (χ2n) is 6.28. The Morgan fingerprint density at radius 3 is 3.00 bits per heavy atom. The Morgan fingerprint density at radius 2 is 2.22 bits per heavy atom. The van der Waals surface area contributed by atoms with Gasteiger partial charge in [-0.3, -0.25) is 4.79 Å². The summed E-state index contributed by atoms with van der Waals surface area (Å²) in [6.07, 6.45) is 3.17. The highest BCUT2D eigenvalue weighted by atomic mass is 16.5. The molecule has 1 atom stereocenters. The molecule has 0 N–H and O–H groups in total.